The lowest BCUT2D eigenvalue weighted by atomic mass is 10.1. The molecule has 7 heteroatoms. The van der Waals surface area contributed by atoms with Crippen LogP contribution in [0.3, 0.4) is 0 Å². The summed E-state index contributed by atoms with van der Waals surface area (Å²) in [6.07, 6.45) is -4.99. The minimum Gasteiger partial charge on any atom is -0.404 e. The molecule has 0 N–H and O–H groups in total. The Morgan fingerprint density at radius 1 is 1.44 bits per heavy atom. The zero-order chi connectivity index (χ0) is 12.3. The number of nitrogens with zero attached hydrogens (tertiary/aromatic N) is 1. The molecular weight excluding hydrogens is 247 g/mol. The molecule has 0 saturated carbocycles. The van der Waals surface area contributed by atoms with Gasteiger partial charge in [0.15, 0.2) is 5.75 Å². The summed E-state index contributed by atoms with van der Waals surface area (Å²) in [5, 5.41) is 7.44. The van der Waals surface area contributed by atoms with Crippen LogP contribution in [0.4, 0.5) is 13.2 Å². The fourth-order valence-electron chi connectivity index (χ4n) is 1.01. The number of halogens is 4. The van der Waals surface area contributed by atoms with Gasteiger partial charge in [-0.15, -0.1) is 13.2 Å². The molecule has 16 heavy (non-hydrogen) atoms. The number of nitriles is 1. The van der Waals surface area contributed by atoms with E-state index in [1.165, 1.54) is 12.1 Å². The van der Waals surface area contributed by atoms with Crippen molar-refractivity contribution in [3.05, 3.63) is 29.3 Å². The van der Waals surface area contributed by atoms with Crippen molar-refractivity contribution in [2.45, 2.75) is 6.36 Å². The van der Waals surface area contributed by atoms with Crippen molar-refractivity contribution in [3.63, 3.8) is 0 Å². The summed E-state index contributed by atoms with van der Waals surface area (Å²) in [7, 11) is 0. The Morgan fingerprint density at radius 3 is 2.50 bits per heavy atom. The van der Waals surface area contributed by atoms with Crippen molar-refractivity contribution >= 4 is 16.8 Å². The van der Waals surface area contributed by atoms with Gasteiger partial charge < -0.3 is 4.74 Å². The molecule has 0 saturated heterocycles. The number of carbonyl (C=O) groups is 1. The van der Waals surface area contributed by atoms with Gasteiger partial charge in [0, 0.05) is 0 Å². The number of hydrogen-bond donors (Lipinski definition) is 0. The monoisotopic (exact) mass is 249 g/mol. The highest BCUT2D eigenvalue weighted by Crippen LogP contribution is 2.30. The molecule has 84 valence electrons. The third-order valence-corrected chi connectivity index (χ3v) is 1.77. The lowest BCUT2D eigenvalue weighted by Crippen LogP contribution is -2.19. The van der Waals surface area contributed by atoms with Gasteiger partial charge in [0.1, 0.15) is 6.07 Å². The minimum absolute atomic E-state index is 0.413. The summed E-state index contributed by atoms with van der Waals surface area (Å²) in [6.45, 7) is 0. The first kappa shape index (κ1) is 12.3. The second-order valence-corrected chi connectivity index (χ2v) is 2.96. The van der Waals surface area contributed by atoms with Gasteiger partial charge in [-0.3, -0.25) is 4.79 Å². The first-order valence-electron chi connectivity index (χ1n) is 3.84. The van der Waals surface area contributed by atoms with E-state index in [2.05, 4.69) is 4.74 Å². The number of rotatable bonds is 2. The second-order valence-electron chi connectivity index (χ2n) is 2.62. The Hall–Kier alpha value is -1.74. The van der Waals surface area contributed by atoms with Crippen LogP contribution in [0, 0.1) is 11.3 Å². The van der Waals surface area contributed by atoms with Gasteiger partial charge in [0.2, 0.25) is 0 Å². The van der Waals surface area contributed by atoms with E-state index in [1.807, 2.05) is 0 Å². The Balaban J connectivity index is 3.32. The molecule has 0 amide bonds. The van der Waals surface area contributed by atoms with E-state index in [0.717, 1.165) is 12.1 Å². The van der Waals surface area contributed by atoms with Crippen LogP contribution in [0.5, 0.6) is 5.75 Å². The third-order valence-electron chi connectivity index (χ3n) is 1.57. The highest BCUT2D eigenvalue weighted by molar-refractivity contribution is 6.68. The molecule has 0 radical (unpaired) electrons. The Bertz CT molecular complexity index is 465. The Labute approximate surface area is 93.0 Å². The molecule has 0 aliphatic heterocycles. The normalized spacial score (nSPS) is 10.7. The smallest absolute Gasteiger partial charge is 0.404 e. The number of hydrogen-bond acceptors (Lipinski definition) is 3. The summed E-state index contributed by atoms with van der Waals surface area (Å²) < 4.78 is 39.6. The first-order chi connectivity index (χ1) is 7.35. The van der Waals surface area contributed by atoms with Crippen LogP contribution in [-0.4, -0.2) is 11.6 Å². The van der Waals surface area contributed by atoms with E-state index >= 15 is 0 Å². The molecule has 1 aromatic carbocycles. The molecule has 0 aliphatic rings. The highest BCUT2D eigenvalue weighted by atomic mass is 35.5. The maximum absolute atomic E-state index is 12.0. The van der Waals surface area contributed by atoms with Gasteiger partial charge in [0.25, 0.3) is 5.24 Å². The van der Waals surface area contributed by atoms with E-state index in [0.29, 0.717) is 0 Å². The molecule has 0 aliphatic carbocycles. The molecule has 0 heterocycles. The molecule has 1 rings (SSSR count). The van der Waals surface area contributed by atoms with Gasteiger partial charge in [0.05, 0.1) is 11.1 Å². The van der Waals surface area contributed by atoms with E-state index in [-0.39, 0.29) is 0 Å². The average Bonchev–Trinajstić information content (AvgIpc) is 2.15. The molecular formula is C9H3ClF3NO2. The quantitative estimate of drug-likeness (QED) is 0.757. The second kappa shape index (κ2) is 4.41. The Morgan fingerprint density at radius 2 is 2.06 bits per heavy atom. The summed E-state index contributed by atoms with van der Waals surface area (Å²) in [4.78, 5) is 10.8. The third kappa shape index (κ3) is 2.87. The predicted octanol–water partition coefficient (Wildman–Crippen LogP) is 2.84. The van der Waals surface area contributed by atoms with Crippen molar-refractivity contribution in [1.82, 2.24) is 0 Å². The van der Waals surface area contributed by atoms with E-state index in [9.17, 15) is 18.0 Å². The Kier molecular flexibility index (Phi) is 3.40. The summed E-state index contributed by atoms with van der Waals surface area (Å²) in [5.74, 6) is -0.877. The van der Waals surface area contributed by atoms with Crippen molar-refractivity contribution in [2.24, 2.45) is 0 Å². The van der Waals surface area contributed by atoms with Gasteiger partial charge in [-0.2, -0.15) is 5.26 Å². The van der Waals surface area contributed by atoms with Gasteiger partial charge in [-0.25, -0.2) is 0 Å². The molecule has 0 spiro atoms. The van der Waals surface area contributed by atoms with Crippen molar-refractivity contribution in [2.75, 3.05) is 0 Å². The van der Waals surface area contributed by atoms with Gasteiger partial charge in [-0.1, -0.05) is 6.07 Å². The van der Waals surface area contributed by atoms with Crippen LogP contribution in [0.25, 0.3) is 0 Å². The molecule has 3 nitrogen and oxygen atoms in total. The molecule has 0 bridgehead atoms. The standard InChI is InChI=1S/C9H3ClF3NO2/c10-8(15)6-3-1-2-5(4-14)7(6)16-9(11,12)13/h1-3H. The fraction of sp³-hybridized carbons (Fsp3) is 0.111. The molecule has 1 aromatic rings. The van der Waals surface area contributed by atoms with Gasteiger partial charge >= 0.3 is 6.36 Å². The maximum Gasteiger partial charge on any atom is 0.573 e. The van der Waals surface area contributed by atoms with Crippen molar-refractivity contribution in [1.29, 1.82) is 5.26 Å². The SMILES string of the molecule is N#Cc1cccc(C(=O)Cl)c1OC(F)(F)F. The average molecular weight is 250 g/mol. The minimum atomic E-state index is -4.99. The largest absolute Gasteiger partial charge is 0.573 e. The van der Waals surface area contributed by atoms with Crippen LogP contribution >= 0.6 is 11.6 Å². The number of carbonyl (C=O) groups excluding carboxylic acids is 1. The number of ether oxygens (including phenoxy) is 1. The molecule has 0 atom stereocenters. The highest BCUT2D eigenvalue weighted by Gasteiger charge is 2.34. The number of para-hydroxylation sites is 1. The number of alkyl halides is 3. The predicted molar refractivity (Wildman–Crippen MR) is 48.0 cm³/mol. The molecule has 0 unspecified atom stereocenters. The van der Waals surface area contributed by atoms with Crippen LogP contribution in [-0.2, 0) is 0 Å². The maximum atomic E-state index is 12.0. The topological polar surface area (TPSA) is 50.1 Å². The zero-order valence-corrected chi connectivity index (χ0v) is 8.26. The molecule has 0 fully saturated rings. The summed E-state index contributed by atoms with van der Waals surface area (Å²) >= 11 is 5.07. The van der Waals surface area contributed by atoms with Gasteiger partial charge in [-0.05, 0) is 23.7 Å². The van der Waals surface area contributed by atoms with Crippen molar-refractivity contribution in [3.8, 4) is 11.8 Å². The summed E-state index contributed by atoms with van der Waals surface area (Å²) in [6, 6.07) is 4.84. The number of benzene rings is 1. The van der Waals surface area contributed by atoms with Crippen LogP contribution < -0.4 is 4.74 Å². The molecule has 0 aromatic heterocycles. The van der Waals surface area contributed by atoms with Crippen molar-refractivity contribution < 1.29 is 22.7 Å². The first-order valence-corrected chi connectivity index (χ1v) is 4.21. The lowest BCUT2D eigenvalue weighted by Gasteiger charge is -2.12. The van der Waals surface area contributed by atoms with E-state index < -0.39 is 28.5 Å². The van der Waals surface area contributed by atoms with Crippen LogP contribution in [0.15, 0.2) is 18.2 Å². The lowest BCUT2D eigenvalue weighted by molar-refractivity contribution is -0.274. The zero-order valence-electron chi connectivity index (χ0n) is 7.51. The summed E-state index contributed by atoms with van der Waals surface area (Å²) in [5.41, 5.74) is -0.915. The fourth-order valence-corrected chi connectivity index (χ4v) is 1.15. The van der Waals surface area contributed by atoms with Crippen LogP contribution in [0.1, 0.15) is 15.9 Å². The van der Waals surface area contributed by atoms with Crippen LogP contribution in [0.2, 0.25) is 0 Å². The van der Waals surface area contributed by atoms with E-state index in [4.69, 9.17) is 16.9 Å². The van der Waals surface area contributed by atoms with E-state index in [1.54, 1.807) is 0 Å².